The fourth-order valence-corrected chi connectivity index (χ4v) is 2.18. The van der Waals surface area contributed by atoms with Gasteiger partial charge in [0.2, 0.25) is 0 Å². The third-order valence-corrected chi connectivity index (χ3v) is 3.40. The zero-order valence-corrected chi connectivity index (χ0v) is 14.5. The number of anilines is 2. The summed E-state index contributed by atoms with van der Waals surface area (Å²) in [5.74, 6) is 2.62. The van der Waals surface area contributed by atoms with Crippen LogP contribution >= 0.6 is 0 Å². The van der Waals surface area contributed by atoms with Gasteiger partial charge in [-0.1, -0.05) is 34.1 Å². The maximum atomic E-state index is 5.30. The first-order valence-electron chi connectivity index (χ1n) is 7.65. The van der Waals surface area contributed by atoms with Crippen LogP contribution in [0.15, 0.2) is 0 Å². The minimum absolute atomic E-state index is 0.0861. The highest BCUT2D eigenvalue weighted by atomic mass is 16.5. The summed E-state index contributed by atoms with van der Waals surface area (Å²) >= 11 is 0. The second kappa shape index (κ2) is 7.59. The molecule has 1 aromatic heterocycles. The molecule has 0 amide bonds. The van der Waals surface area contributed by atoms with Gasteiger partial charge in [0.1, 0.15) is 17.5 Å². The molecular formula is C16H30N4O. The van der Waals surface area contributed by atoms with Crippen molar-refractivity contribution < 1.29 is 4.74 Å². The predicted octanol–water partition coefficient (Wildman–Crippen LogP) is 3.35. The van der Waals surface area contributed by atoms with E-state index < -0.39 is 0 Å². The zero-order chi connectivity index (χ0) is 16.0. The van der Waals surface area contributed by atoms with Gasteiger partial charge in [0.25, 0.3) is 0 Å². The molecular weight excluding hydrogens is 264 g/mol. The Labute approximate surface area is 128 Å². The minimum atomic E-state index is -0.0861. The maximum Gasteiger partial charge on any atom is 0.138 e. The lowest BCUT2D eigenvalue weighted by molar-refractivity contribution is 0.182. The number of rotatable bonds is 7. The second-order valence-electron chi connectivity index (χ2n) is 6.45. The molecule has 1 rings (SSSR count). The second-order valence-corrected chi connectivity index (χ2v) is 6.45. The van der Waals surface area contributed by atoms with Gasteiger partial charge in [0.05, 0.1) is 12.6 Å². The van der Waals surface area contributed by atoms with Crippen molar-refractivity contribution in [2.24, 2.45) is 0 Å². The molecule has 0 aliphatic rings. The molecule has 0 spiro atoms. The van der Waals surface area contributed by atoms with Crippen LogP contribution in [0.3, 0.4) is 0 Å². The van der Waals surface area contributed by atoms with Crippen molar-refractivity contribution in [3.8, 4) is 0 Å². The molecule has 5 nitrogen and oxygen atoms in total. The Bertz CT molecular complexity index is 448. The van der Waals surface area contributed by atoms with E-state index in [2.05, 4.69) is 43.3 Å². The molecule has 0 saturated heterocycles. The first-order valence-corrected chi connectivity index (χ1v) is 7.65. The van der Waals surface area contributed by atoms with Gasteiger partial charge in [0.15, 0.2) is 0 Å². The highest BCUT2D eigenvalue weighted by Gasteiger charge is 2.21. The maximum absolute atomic E-state index is 5.30. The SMILES string of the molecule is CCCC(COC)Nc1nc(C(C)(C)C)nc(NC)c1C. The topological polar surface area (TPSA) is 59.1 Å². The Balaban J connectivity index is 3.14. The molecule has 1 atom stereocenters. The Hall–Kier alpha value is -1.36. The highest BCUT2D eigenvalue weighted by molar-refractivity contribution is 5.57. The summed E-state index contributed by atoms with van der Waals surface area (Å²) in [5, 5.41) is 6.68. The van der Waals surface area contributed by atoms with E-state index in [1.54, 1.807) is 7.11 Å². The van der Waals surface area contributed by atoms with Crippen molar-refractivity contribution in [3.63, 3.8) is 0 Å². The van der Waals surface area contributed by atoms with E-state index in [1.807, 2.05) is 14.0 Å². The third-order valence-electron chi connectivity index (χ3n) is 3.40. The predicted molar refractivity (Wildman–Crippen MR) is 89.2 cm³/mol. The Morgan fingerprint density at radius 2 is 1.81 bits per heavy atom. The Kier molecular flexibility index (Phi) is 6.40. The van der Waals surface area contributed by atoms with E-state index in [0.29, 0.717) is 6.61 Å². The largest absolute Gasteiger partial charge is 0.383 e. The van der Waals surface area contributed by atoms with Crippen molar-refractivity contribution in [2.75, 3.05) is 31.4 Å². The lowest BCUT2D eigenvalue weighted by atomic mass is 9.95. The van der Waals surface area contributed by atoms with Gasteiger partial charge in [0, 0.05) is 25.1 Å². The summed E-state index contributed by atoms with van der Waals surface area (Å²) in [4.78, 5) is 9.37. The zero-order valence-electron chi connectivity index (χ0n) is 14.5. The number of aromatic nitrogens is 2. The van der Waals surface area contributed by atoms with Gasteiger partial charge in [-0.05, 0) is 13.3 Å². The Morgan fingerprint density at radius 1 is 1.19 bits per heavy atom. The molecule has 0 radical (unpaired) electrons. The number of hydrogen-bond acceptors (Lipinski definition) is 5. The molecule has 5 heteroatoms. The fraction of sp³-hybridized carbons (Fsp3) is 0.750. The van der Waals surface area contributed by atoms with Crippen LogP contribution in [0.5, 0.6) is 0 Å². The van der Waals surface area contributed by atoms with Gasteiger partial charge < -0.3 is 15.4 Å². The summed E-state index contributed by atoms with van der Waals surface area (Å²) in [6.45, 7) is 11.3. The molecule has 0 aromatic carbocycles. The van der Waals surface area contributed by atoms with Crippen LogP contribution in [0.4, 0.5) is 11.6 Å². The van der Waals surface area contributed by atoms with Crippen LogP contribution in [0.25, 0.3) is 0 Å². The first-order chi connectivity index (χ1) is 9.83. The number of ether oxygens (including phenoxy) is 1. The number of methoxy groups -OCH3 is 1. The van der Waals surface area contributed by atoms with E-state index >= 15 is 0 Å². The molecule has 0 aliphatic carbocycles. The van der Waals surface area contributed by atoms with Gasteiger partial charge in [-0.25, -0.2) is 9.97 Å². The quantitative estimate of drug-likeness (QED) is 0.807. The molecule has 0 aliphatic heterocycles. The molecule has 1 heterocycles. The van der Waals surface area contributed by atoms with Crippen LogP contribution in [0.1, 0.15) is 51.9 Å². The summed E-state index contributed by atoms with van der Waals surface area (Å²) in [5.41, 5.74) is 0.958. The van der Waals surface area contributed by atoms with Crippen LogP contribution in [-0.4, -0.2) is 36.8 Å². The average molecular weight is 294 g/mol. The third kappa shape index (κ3) is 4.84. The normalized spacial score (nSPS) is 13.1. The van der Waals surface area contributed by atoms with Crippen molar-refractivity contribution in [1.82, 2.24) is 9.97 Å². The van der Waals surface area contributed by atoms with Crippen LogP contribution < -0.4 is 10.6 Å². The van der Waals surface area contributed by atoms with E-state index in [9.17, 15) is 0 Å². The summed E-state index contributed by atoms with van der Waals surface area (Å²) in [7, 11) is 3.63. The molecule has 0 fully saturated rings. The van der Waals surface area contributed by atoms with Crippen molar-refractivity contribution in [1.29, 1.82) is 0 Å². The van der Waals surface area contributed by atoms with Crippen molar-refractivity contribution >= 4 is 11.6 Å². The van der Waals surface area contributed by atoms with Crippen LogP contribution in [-0.2, 0) is 10.2 Å². The molecule has 2 N–H and O–H groups in total. The van der Waals surface area contributed by atoms with Gasteiger partial charge in [-0.3, -0.25) is 0 Å². The summed E-state index contributed by atoms with van der Waals surface area (Å²) < 4.78 is 5.30. The number of hydrogen-bond donors (Lipinski definition) is 2. The Morgan fingerprint density at radius 3 is 2.29 bits per heavy atom. The van der Waals surface area contributed by atoms with Gasteiger partial charge >= 0.3 is 0 Å². The van der Waals surface area contributed by atoms with Crippen LogP contribution in [0.2, 0.25) is 0 Å². The molecule has 1 aromatic rings. The van der Waals surface area contributed by atoms with E-state index in [0.717, 1.165) is 35.9 Å². The molecule has 0 saturated carbocycles. The standard InChI is InChI=1S/C16H30N4O/c1-8-9-12(10-21-7)18-14-11(2)13(17-6)19-15(20-14)16(3,4)5/h12H,8-10H2,1-7H3,(H2,17,18,19,20). The van der Waals surface area contributed by atoms with Crippen molar-refractivity contribution in [2.45, 2.75) is 58.9 Å². The van der Waals surface area contributed by atoms with E-state index in [4.69, 9.17) is 9.72 Å². The van der Waals surface area contributed by atoms with Gasteiger partial charge in [-0.15, -0.1) is 0 Å². The minimum Gasteiger partial charge on any atom is -0.383 e. The average Bonchev–Trinajstić information content (AvgIpc) is 2.40. The molecule has 1 unspecified atom stereocenters. The number of nitrogens with zero attached hydrogens (tertiary/aromatic N) is 2. The van der Waals surface area contributed by atoms with E-state index in [1.165, 1.54) is 0 Å². The van der Waals surface area contributed by atoms with Gasteiger partial charge in [-0.2, -0.15) is 0 Å². The lowest BCUT2D eigenvalue weighted by Gasteiger charge is -2.23. The fourth-order valence-electron chi connectivity index (χ4n) is 2.18. The molecule has 0 bridgehead atoms. The van der Waals surface area contributed by atoms with Crippen LogP contribution in [0, 0.1) is 6.92 Å². The molecule has 21 heavy (non-hydrogen) atoms. The highest BCUT2D eigenvalue weighted by Crippen LogP contribution is 2.26. The first kappa shape index (κ1) is 17.7. The lowest BCUT2D eigenvalue weighted by Crippen LogP contribution is -2.27. The smallest absolute Gasteiger partial charge is 0.138 e. The van der Waals surface area contributed by atoms with Crippen molar-refractivity contribution in [3.05, 3.63) is 11.4 Å². The summed E-state index contributed by atoms with van der Waals surface area (Å²) in [6, 6.07) is 0.270. The number of nitrogens with one attached hydrogen (secondary N) is 2. The molecule has 120 valence electrons. The summed E-state index contributed by atoms with van der Waals surface area (Å²) in [6.07, 6.45) is 2.16. The monoisotopic (exact) mass is 294 g/mol. The van der Waals surface area contributed by atoms with E-state index in [-0.39, 0.29) is 11.5 Å².